The third-order valence-corrected chi connectivity index (χ3v) is 14.3. The third-order valence-electron chi connectivity index (χ3n) is 8.29. The Balaban J connectivity index is 1.32. The fourth-order valence-electron chi connectivity index (χ4n) is 5.58. The molecule has 0 saturated heterocycles. The van der Waals surface area contributed by atoms with E-state index in [1.807, 2.05) is 0 Å². The minimum absolute atomic E-state index is 0.194. The van der Waals surface area contributed by atoms with Gasteiger partial charge in [0.25, 0.3) is 0 Å². The van der Waals surface area contributed by atoms with Gasteiger partial charge in [0.05, 0.1) is 52.0 Å². The first-order chi connectivity index (χ1) is 24.8. The van der Waals surface area contributed by atoms with Crippen LogP contribution in [-0.4, -0.2) is 81.1 Å². The lowest BCUT2D eigenvalue weighted by Crippen LogP contribution is -2.55. The summed E-state index contributed by atoms with van der Waals surface area (Å²) in [7, 11) is 7.57. The highest BCUT2D eigenvalue weighted by molar-refractivity contribution is 8.82. The molecule has 1 heterocycles. The second kappa shape index (κ2) is 23.7. The van der Waals surface area contributed by atoms with Crippen molar-refractivity contribution in [3.8, 4) is 0 Å². The topological polar surface area (TPSA) is 158 Å². The number of allylic oxidation sites excluding steroid dienone is 3. The largest absolute Gasteiger partial charge is 0.561 e. The molecule has 0 saturated carbocycles. The van der Waals surface area contributed by atoms with E-state index >= 15 is 0 Å². The maximum absolute atomic E-state index is 13.4. The van der Waals surface area contributed by atoms with Crippen molar-refractivity contribution in [3.05, 3.63) is 66.4 Å². The fraction of sp³-hybridized carbons (Fsp3) is 0.636. The first-order valence-electron chi connectivity index (χ1n) is 17.2. The maximum Gasteiger partial charge on any atom is 0.561 e. The molecule has 3 aliphatic carbocycles. The van der Waals surface area contributed by atoms with Crippen LogP contribution in [0.2, 0.25) is 0 Å². The smallest absolute Gasteiger partial charge is 0.329 e. The zero-order valence-corrected chi connectivity index (χ0v) is 33.6. The number of nitrogens with zero attached hydrogens (tertiary/aromatic N) is 3. The van der Waals surface area contributed by atoms with E-state index in [0.29, 0.717) is 0 Å². The summed E-state index contributed by atoms with van der Waals surface area (Å²) >= 11 is 0. The molecule has 18 heteroatoms. The van der Waals surface area contributed by atoms with Crippen molar-refractivity contribution in [2.24, 2.45) is 0 Å². The lowest BCUT2D eigenvalue weighted by atomic mass is 10.0. The van der Waals surface area contributed by atoms with Crippen molar-refractivity contribution in [3.63, 3.8) is 0 Å². The van der Waals surface area contributed by atoms with Crippen LogP contribution in [0.1, 0.15) is 77.0 Å². The highest BCUT2D eigenvalue weighted by Gasteiger charge is 2.23. The van der Waals surface area contributed by atoms with Gasteiger partial charge in [-0.15, -0.1) is 0 Å². The standard InChI is InChI=1S/C33H45N3O9S6/c37-28-34(16-19-43-31(40)49-46-22-25-10-4-1-5-11-25)29(38)36(18-21-45-33(42)51-48-24-27-14-8-3-9-15-27)30(39)35(28)17-20-44-32(41)50-47-23-26-12-6-2-7-13-26/h10,12,14H,1-9,11,13,15-24H2/p+3. The predicted molar refractivity (Wildman–Crippen MR) is 218 cm³/mol. The molecule has 282 valence electrons. The van der Waals surface area contributed by atoms with Crippen molar-refractivity contribution < 1.29 is 28.6 Å². The summed E-state index contributed by atoms with van der Waals surface area (Å²) in [5.41, 5.74) is 1.41. The predicted octanol–water partition coefficient (Wildman–Crippen LogP) is 6.25. The highest BCUT2D eigenvalue weighted by atomic mass is 33.1. The zero-order chi connectivity index (χ0) is 36.3. The van der Waals surface area contributed by atoms with Gasteiger partial charge in [-0.2, -0.15) is 0 Å². The van der Waals surface area contributed by atoms with Crippen LogP contribution in [0.15, 0.2) is 49.3 Å². The molecule has 0 aromatic carbocycles. The lowest BCUT2D eigenvalue weighted by Gasteiger charge is -2.12. The van der Waals surface area contributed by atoms with Gasteiger partial charge in [-0.25, -0.2) is 28.1 Å². The van der Waals surface area contributed by atoms with Gasteiger partial charge in [-0.05, 0) is 77.0 Å². The number of hydrogen-bond donors (Lipinski definition) is 0. The van der Waals surface area contributed by atoms with Crippen molar-refractivity contribution in [2.45, 2.75) is 96.7 Å². The summed E-state index contributed by atoms with van der Waals surface area (Å²) in [4.78, 5) is 70.9. The van der Waals surface area contributed by atoms with E-state index in [9.17, 15) is 28.8 Å². The van der Waals surface area contributed by atoms with Gasteiger partial charge in [-0.3, -0.25) is 0 Å². The molecule has 1 aromatic rings. The van der Waals surface area contributed by atoms with E-state index in [2.05, 4.69) is 18.2 Å². The zero-order valence-electron chi connectivity index (χ0n) is 28.7. The molecule has 0 amide bonds. The van der Waals surface area contributed by atoms with E-state index in [0.717, 1.165) is 102 Å². The van der Waals surface area contributed by atoms with Crippen LogP contribution in [-0.2, 0) is 33.8 Å². The fourth-order valence-corrected chi connectivity index (χ4v) is 10.9. The van der Waals surface area contributed by atoms with Gasteiger partial charge in [0, 0.05) is 17.3 Å². The average Bonchev–Trinajstić information content (AvgIpc) is 3.14. The molecule has 0 spiro atoms. The number of carbonyl (C=O) groups excluding carboxylic acids is 3. The highest BCUT2D eigenvalue weighted by Crippen LogP contribution is 2.31. The molecule has 1 aromatic heterocycles. The Hall–Kier alpha value is -1.86. The van der Waals surface area contributed by atoms with Crippen LogP contribution in [0.3, 0.4) is 0 Å². The molecule has 0 unspecified atom stereocenters. The molecule has 0 radical (unpaired) electrons. The number of ether oxygens (including phenoxy) is 3. The lowest BCUT2D eigenvalue weighted by molar-refractivity contribution is 0.237. The van der Waals surface area contributed by atoms with E-state index in [-0.39, 0.29) is 55.4 Å². The Morgan fingerprint density at radius 3 is 1.06 bits per heavy atom. The quantitative estimate of drug-likeness (QED) is 0.0540. The van der Waals surface area contributed by atoms with Gasteiger partial charge in [0.2, 0.25) is 19.8 Å². The minimum atomic E-state index is -0.871. The van der Waals surface area contributed by atoms with Crippen LogP contribution in [0, 0.1) is 0 Å². The minimum Gasteiger partial charge on any atom is -0.329 e. The van der Waals surface area contributed by atoms with Gasteiger partial charge in [0.1, 0.15) is 0 Å². The van der Waals surface area contributed by atoms with E-state index in [1.54, 1.807) is 0 Å². The van der Waals surface area contributed by atoms with Gasteiger partial charge in [0.15, 0.2) is 0 Å². The summed E-state index contributed by atoms with van der Waals surface area (Å²) in [6.45, 7) is -1.29. The second-order valence-electron chi connectivity index (χ2n) is 12.0. The molecule has 0 fully saturated rings. The summed E-state index contributed by atoms with van der Waals surface area (Å²) < 4.78 is 18.8. The molecule has 51 heavy (non-hydrogen) atoms. The van der Waals surface area contributed by atoms with Gasteiger partial charge < -0.3 is 28.6 Å². The molecule has 0 atom stereocenters. The Labute approximate surface area is 321 Å². The van der Waals surface area contributed by atoms with Crippen LogP contribution in [0.5, 0.6) is 0 Å². The van der Waals surface area contributed by atoms with Crippen LogP contribution in [0.25, 0.3) is 0 Å². The van der Waals surface area contributed by atoms with Crippen LogP contribution < -0.4 is 17.1 Å². The first-order valence-corrected chi connectivity index (χ1v) is 24.2. The average molecular weight is 823 g/mol. The van der Waals surface area contributed by atoms with Gasteiger partial charge >= 0.3 is 33.0 Å². The number of aromatic nitrogens is 3. The summed E-state index contributed by atoms with van der Waals surface area (Å²) in [5, 5.41) is -0.869. The van der Waals surface area contributed by atoms with Crippen molar-refractivity contribution in [1.29, 1.82) is 0 Å². The molecule has 4 rings (SSSR count). The Bertz CT molecular complexity index is 1400. The Morgan fingerprint density at radius 2 is 0.804 bits per heavy atom. The van der Waals surface area contributed by atoms with Crippen molar-refractivity contribution in [1.82, 2.24) is 13.7 Å². The number of hydrogen-bond acceptors (Lipinski definition) is 12. The summed E-state index contributed by atoms with van der Waals surface area (Å²) in [6, 6.07) is 0. The second-order valence-corrected chi connectivity index (χ2v) is 18.7. The molecule has 3 N–H and O–H groups in total. The SMILES string of the molecule is O=c1n(CCOC(=[OH+])SSCC2=CCCCC2)c(=O)n(CCOC(=[OH+])SSCC2=CCCCC2)c(=O)n1CCOC(=[OH+])SSCC1=CCCCC1. The summed E-state index contributed by atoms with van der Waals surface area (Å²) in [6.07, 6.45) is 20.2. The normalized spacial score (nSPS) is 16.1. The van der Waals surface area contributed by atoms with E-state index < -0.39 is 17.1 Å². The van der Waals surface area contributed by atoms with Crippen LogP contribution in [0.4, 0.5) is 0 Å². The molecule has 12 nitrogen and oxygen atoms in total. The summed E-state index contributed by atoms with van der Waals surface area (Å²) in [5.74, 6) is 2.30. The van der Waals surface area contributed by atoms with E-state index in [4.69, 9.17) is 14.2 Å². The van der Waals surface area contributed by atoms with E-state index in [1.165, 1.54) is 87.6 Å². The molecule has 3 aliphatic rings. The molecular weight excluding hydrogens is 775 g/mol. The van der Waals surface area contributed by atoms with Crippen LogP contribution >= 0.6 is 64.8 Å². The molecular formula is C33H48N3O9S6+3. The Morgan fingerprint density at radius 1 is 0.510 bits per heavy atom. The Kier molecular flexibility index (Phi) is 19.5. The molecule has 0 bridgehead atoms. The van der Waals surface area contributed by atoms with Gasteiger partial charge in [-0.1, -0.05) is 67.3 Å². The monoisotopic (exact) mass is 822 g/mol. The maximum atomic E-state index is 13.4. The number of rotatable bonds is 18. The molecule has 0 aliphatic heterocycles. The third kappa shape index (κ3) is 15.2. The van der Waals surface area contributed by atoms with Crippen molar-refractivity contribution in [2.75, 3.05) is 37.1 Å². The van der Waals surface area contributed by atoms with Crippen molar-refractivity contribution >= 4 is 80.7 Å². The first kappa shape index (κ1) is 41.9.